The first-order valence-electron chi connectivity index (χ1n) is 7.43. The molecule has 0 atom stereocenters. The van der Waals surface area contributed by atoms with Gasteiger partial charge >= 0.3 is 0 Å². The van der Waals surface area contributed by atoms with Gasteiger partial charge in [-0.15, -0.1) is 0 Å². The van der Waals surface area contributed by atoms with Crippen LogP contribution in [0, 0.1) is 13.8 Å². The van der Waals surface area contributed by atoms with E-state index in [9.17, 15) is 9.59 Å². The van der Waals surface area contributed by atoms with Crippen LogP contribution in [0.15, 0.2) is 46.4 Å². The van der Waals surface area contributed by atoms with E-state index in [4.69, 9.17) is 0 Å². The molecule has 116 valence electrons. The molecule has 0 bridgehead atoms. The minimum Gasteiger partial charge on any atom is -0.211 e. The van der Waals surface area contributed by atoms with Crippen LogP contribution in [0.2, 0.25) is 0 Å². The minimum atomic E-state index is 0.474. The van der Waals surface area contributed by atoms with Crippen molar-refractivity contribution in [3.63, 3.8) is 0 Å². The standard InChI is InChI=1S/C19H18N2O2/c1-14-9-16(3-5-18(14)7-8-20-12-22)11-17-4-6-19(21-13-23)15(2)10-17/h3-6,9-10H,7-8,11H2,1-2H3. The molecule has 0 unspecified atom stereocenters. The van der Waals surface area contributed by atoms with Crippen LogP contribution in [0.1, 0.15) is 27.8 Å². The van der Waals surface area contributed by atoms with Gasteiger partial charge in [0.2, 0.25) is 12.2 Å². The maximum absolute atomic E-state index is 10.3. The first-order chi connectivity index (χ1) is 11.1. The van der Waals surface area contributed by atoms with Crippen molar-refractivity contribution in [2.24, 2.45) is 9.98 Å². The SMILES string of the molecule is Cc1cc(Cc2ccc(N=C=O)c(C)c2)ccc1CCN=C=O. The highest BCUT2D eigenvalue weighted by atomic mass is 16.1. The third-order valence-corrected chi connectivity index (χ3v) is 3.80. The highest BCUT2D eigenvalue weighted by Crippen LogP contribution is 2.22. The topological polar surface area (TPSA) is 58.9 Å². The molecule has 23 heavy (non-hydrogen) atoms. The summed E-state index contributed by atoms with van der Waals surface area (Å²) in [5.74, 6) is 0. The normalized spacial score (nSPS) is 9.83. The van der Waals surface area contributed by atoms with E-state index in [0.29, 0.717) is 12.2 Å². The Balaban J connectivity index is 2.14. The van der Waals surface area contributed by atoms with Crippen molar-refractivity contribution in [1.29, 1.82) is 0 Å². The van der Waals surface area contributed by atoms with Gasteiger partial charge in [0.1, 0.15) is 0 Å². The zero-order valence-corrected chi connectivity index (χ0v) is 13.3. The fourth-order valence-electron chi connectivity index (χ4n) is 2.61. The molecule has 0 aliphatic heterocycles. The lowest BCUT2D eigenvalue weighted by molar-refractivity contribution is 0.562. The lowest BCUT2D eigenvalue weighted by Crippen LogP contribution is -1.96. The van der Waals surface area contributed by atoms with E-state index in [-0.39, 0.29) is 0 Å². The average molecular weight is 306 g/mol. The first-order valence-corrected chi connectivity index (χ1v) is 7.43. The Morgan fingerprint density at radius 1 is 0.913 bits per heavy atom. The van der Waals surface area contributed by atoms with Gasteiger partial charge in [0.05, 0.1) is 12.2 Å². The summed E-state index contributed by atoms with van der Waals surface area (Å²) in [6.45, 7) is 4.47. The van der Waals surface area contributed by atoms with E-state index >= 15 is 0 Å². The van der Waals surface area contributed by atoms with Crippen LogP contribution in [-0.2, 0) is 22.4 Å². The molecule has 0 radical (unpaired) electrons. The van der Waals surface area contributed by atoms with Gasteiger partial charge in [0.25, 0.3) is 0 Å². The highest BCUT2D eigenvalue weighted by molar-refractivity contribution is 5.54. The zero-order chi connectivity index (χ0) is 16.7. The summed E-state index contributed by atoms with van der Waals surface area (Å²) < 4.78 is 0. The number of hydrogen-bond donors (Lipinski definition) is 0. The number of carbonyl (C=O) groups excluding carboxylic acids is 2. The number of nitrogens with zero attached hydrogens (tertiary/aromatic N) is 2. The Kier molecular flexibility index (Phi) is 5.76. The number of rotatable bonds is 6. The molecule has 0 N–H and O–H groups in total. The summed E-state index contributed by atoms with van der Waals surface area (Å²) in [4.78, 5) is 27.7. The minimum absolute atomic E-state index is 0.474. The molecule has 0 spiro atoms. The highest BCUT2D eigenvalue weighted by Gasteiger charge is 2.04. The molecule has 2 aromatic carbocycles. The van der Waals surface area contributed by atoms with Gasteiger partial charge in [-0.3, -0.25) is 0 Å². The Morgan fingerprint density at radius 2 is 1.61 bits per heavy atom. The molecule has 4 heteroatoms. The molecule has 0 fully saturated rings. The predicted molar refractivity (Wildman–Crippen MR) is 89.6 cm³/mol. The largest absolute Gasteiger partial charge is 0.240 e. The molecular weight excluding hydrogens is 288 g/mol. The van der Waals surface area contributed by atoms with Gasteiger partial charge < -0.3 is 0 Å². The average Bonchev–Trinajstić information content (AvgIpc) is 2.52. The second-order valence-electron chi connectivity index (χ2n) is 5.48. The van der Waals surface area contributed by atoms with E-state index in [1.165, 1.54) is 22.3 Å². The second kappa shape index (κ2) is 8.00. The molecule has 0 saturated carbocycles. The van der Waals surface area contributed by atoms with E-state index in [1.54, 1.807) is 12.2 Å². The molecule has 0 aliphatic rings. The van der Waals surface area contributed by atoms with Crippen molar-refractivity contribution in [1.82, 2.24) is 0 Å². The Labute approximate surface area is 135 Å². The summed E-state index contributed by atoms with van der Waals surface area (Å²) in [7, 11) is 0. The monoisotopic (exact) mass is 306 g/mol. The van der Waals surface area contributed by atoms with E-state index in [2.05, 4.69) is 35.1 Å². The molecule has 0 amide bonds. The number of aliphatic imine (C=N–C) groups is 2. The van der Waals surface area contributed by atoms with Crippen molar-refractivity contribution >= 4 is 17.8 Å². The Hall–Kier alpha value is -2.80. The van der Waals surface area contributed by atoms with Gasteiger partial charge in [0, 0.05) is 0 Å². The van der Waals surface area contributed by atoms with Crippen LogP contribution in [0.3, 0.4) is 0 Å². The second-order valence-corrected chi connectivity index (χ2v) is 5.48. The van der Waals surface area contributed by atoms with Crippen molar-refractivity contribution < 1.29 is 9.59 Å². The van der Waals surface area contributed by atoms with Crippen molar-refractivity contribution in [2.75, 3.05) is 6.54 Å². The lowest BCUT2D eigenvalue weighted by Gasteiger charge is -2.09. The molecular formula is C19H18N2O2. The van der Waals surface area contributed by atoms with Crippen LogP contribution in [0.4, 0.5) is 5.69 Å². The van der Waals surface area contributed by atoms with Crippen LogP contribution >= 0.6 is 0 Å². The van der Waals surface area contributed by atoms with Gasteiger partial charge in [-0.05, 0) is 60.6 Å². The van der Waals surface area contributed by atoms with E-state index < -0.39 is 0 Å². The van der Waals surface area contributed by atoms with Crippen LogP contribution in [0.25, 0.3) is 0 Å². The first kappa shape index (κ1) is 16.6. The molecule has 0 aromatic heterocycles. The zero-order valence-electron chi connectivity index (χ0n) is 13.3. The van der Waals surface area contributed by atoms with E-state index in [1.807, 2.05) is 25.1 Å². The van der Waals surface area contributed by atoms with Crippen LogP contribution in [-0.4, -0.2) is 18.7 Å². The van der Waals surface area contributed by atoms with Gasteiger partial charge in [0.15, 0.2) is 0 Å². The molecule has 2 rings (SSSR count). The third-order valence-electron chi connectivity index (χ3n) is 3.80. The van der Waals surface area contributed by atoms with Gasteiger partial charge in [-0.1, -0.05) is 30.3 Å². The Morgan fingerprint density at radius 3 is 2.22 bits per heavy atom. The summed E-state index contributed by atoms with van der Waals surface area (Å²) >= 11 is 0. The van der Waals surface area contributed by atoms with Crippen molar-refractivity contribution in [3.05, 3.63) is 64.2 Å². The van der Waals surface area contributed by atoms with Crippen molar-refractivity contribution in [2.45, 2.75) is 26.7 Å². The van der Waals surface area contributed by atoms with Gasteiger partial charge in [-0.25, -0.2) is 14.6 Å². The molecule has 0 heterocycles. The number of benzene rings is 2. The number of isocyanates is 2. The third kappa shape index (κ3) is 4.58. The molecule has 2 aromatic rings. The maximum atomic E-state index is 10.3. The van der Waals surface area contributed by atoms with Gasteiger partial charge in [-0.2, -0.15) is 4.99 Å². The quantitative estimate of drug-likeness (QED) is 0.603. The Bertz CT molecular complexity index is 799. The fourth-order valence-corrected chi connectivity index (χ4v) is 2.61. The maximum Gasteiger partial charge on any atom is 0.240 e. The summed E-state index contributed by atoms with van der Waals surface area (Å²) in [5.41, 5.74) is 6.40. The summed E-state index contributed by atoms with van der Waals surface area (Å²) in [6, 6.07) is 12.2. The van der Waals surface area contributed by atoms with Crippen LogP contribution in [0.5, 0.6) is 0 Å². The number of aryl methyl sites for hydroxylation is 2. The van der Waals surface area contributed by atoms with Crippen molar-refractivity contribution in [3.8, 4) is 0 Å². The fraction of sp³-hybridized carbons (Fsp3) is 0.263. The number of hydrogen-bond acceptors (Lipinski definition) is 4. The predicted octanol–water partition coefficient (Wildman–Crippen LogP) is 3.74. The summed E-state index contributed by atoms with van der Waals surface area (Å²) in [6.07, 6.45) is 4.70. The van der Waals surface area contributed by atoms with E-state index in [0.717, 1.165) is 18.4 Å². The smallest absolute Gasteiger partial charge is 0.211 e. The van der Waals surface area contributed by atoms with Crippen LogP contribution < -0.4 is 0 Å². The lowest BCUT2D eigenvalue weighted by atomic mass is 9.97. The summed E-state index contributed by atoms with van der Waals surface area (Å²) in [5, 5.41) is 0. The molecule has 0 aliphatic carbocycles. The molecule has 0 saturated heterocycles. The molecule has 4 nitrogen and oxygen atoms in total.